The highest BCUT2D eigenvalue weighted by Gasteiger charge is 2.35. The molecule has 0 bridgehead atoms. The molecule has 1 saturated heterocycles. The van der Waals surface area contributed by atoms with Crippen LogP contribution in [-0.4, -0.2) is 44.7 Å². The Morgan fingerprint density at radius 2 is 1.83 bits per heavy atom. The number of nitrogens with two attached hydrogens (primary N) is 1. The molecule has 2 amide bonds. The lowest BCUT2D eigenvalue weighted by atomic mass is 10.1. The summed E-state index contributed by atoms with van der Waals surface area (Å²) in [4.78, 5) is 24.8. The number of halogens is 3. The Bertz CT molecular complexity index is 1400. The molecule has 1 aliphatic heterocycles. The standard InChI is InChI=1S/C23H21F3N8O2/c24-23(25,26)17-9-14(3-6-18(17)36-16-7-8-28-10-16)33-22(35)32-13-1-4-15(5-2-13)34-12-31-19-20(27)29-11-30-21(19)34/h1-6,9,11-12,16,28H,7-8,10H2,(H2,27,29,30)(H2,32,33,35). The average molecular weight is 498 g/mol. The number of anilines is 3. The van der Waals surface area contributed by atoms with Crippen LogP contribution in [0.1, 0.15) is 12.0 Å². The fraction of sp³-hybridized carbons (Fsp3) is 0.217. The quantitative estimate of drug-likeness (QED) is 0.329. The summed E-state index contributed by atoms with van der Waals surface area (Å²) < 4.78 is 48.1. The molecule has 13 heteroatoms. The van der Waals surface area contributed by atoms with E-state index in [1.54, 1.807) is 35.2 Å². The number of hydrogen-bond acceptors (Lipinski definition) is 7. The molecule has 36 heavy (non-hydrogen) atoms. The summed E-state index contributed by atoms with van der Waals surface area (Å²) >= 11 is 0. The number of rotatable bonds is 5. The van der Waals surface area contributed by atoms with Crippen molar-refractivity contribution in [3.63, 3.8) is 0 Å². The van der Waals surface area contributed by atoms with Crippen molar-refractivity contribution in [2.24, 2.45) is 0 Å². The highest BCUT2D eigenvalue weighted by molar-refractivity contribution is 6.00. The fourth-order valence-corrected chi connectivity index (χ4v) is 3.88. The van der Waals surface area contributed by atoms with Gasteiger partial charge in [0, 0.05) is 23.6 Å². The van der Waals surface area contributed by atoms with Crippen LogP contribution >= 0.6 is 0 Å². The third-order valence-corrected chi connectivity index (χ3v) is 5.62. The zero-order chi connectivity index (χ0) is 25.3. The number of alkyl halides is 3. The van der Waals surface area contributed by atoms with Crippen LogP contribution in [0.2, 0.25) is 0 Å². The molecule has 1 aliphatic rings. The van der Waals surface area contributed by atoms with Crippen LogP contribution in [-0.2, 0) is 6.18 Å². The van der Waals surface area contributed by atoms with E-state index in [2.05, 4.69) is 30.9 Å². The minimum absolute atomic E-state index is 0.0181. The number of imidazole rings is 1. The summed E-state index contributed by atoms with van der Waals surface area (Å²) in [6.07, 6.45) is -1.46. The van der Waals surface area contributed by atoms with Crippen molar-refractivity contribution >= 4 is 34.4 Å². The van der Waals surface area contributed by atoms with Crippen LogP contribution in [0.4, 0.5) is 35.2 Å². The van der Waals surface area contributed by atoms with Gasteiger partial charge in [-0.2, -0.15) is 13.2 Å². The molecule has 2 aromatic heterocycles. The van der Waals surface area contributed by atoms with Crippen molar-refractivity contribution in [1.29, 1.82) is 0 Å². The van der Waals surface area contributed by atoms with Gasteiger partial charge in [0.2, 0.25) is 0 Å². The average Bonchev–Trinajstić information content (AvgIpc) is 3.51. The molecule has 1 unspecified atom stereocenters. The number of carbonyl (C=O) groups is 1. The summed E-state index contributed by atoms with van der Waals surface area (Å²) in [5.74, 6) is -0.00525. The van der Waals surface area contributed by atoms with E-state index in [-0.39, 0.29) is 23.4 Å². The lowest BCUT2D eigenvalue weighted by Gasteiger charge is -2.19. The first-order valence-electron chi connectivity index (χ1n) is 11.0. The van der Waals surface area contributed by atoms with Gasteiger partial charge in [0.05, 0.1) is 5.56 Å². The zero-order valence-corrected chi connectivity index (χ0v) is 18.7. The molecule has 186 valence electrons. The van der Waals surface area contributed by atoms with Crippen LogP contribution in [0.15, 0.2) is 55.1 Å². The molecule has 1 fully saturated rings. The van der Waals surface area contributed by atoms with E-state index in [9.17, 15) is 18.0 Å². The van der Waals surface area contributed by atoms with Crippen molar-refractivity contribution < 1.29 is 22.7 Å². The summed E-state index contributed by atoms with van der Waals surface area (Å²) in [5.41, 5.74) is 6.98. The van der Waals surface area contributed by atoms with Gasteiger partial charge in [-0.15, -0.1) is 0 Å². The van der Waals surface area contributed by atoms with Crippen LogP contribution < -0.4 is 26.4 Å². The van der Waals surface area contributed by atoms with E-state index >= 15 is 0 Å². The van der Waals surface area contributed by atoms with Crippen molar-refractivity contribution in [2.75, 3.05) is 29.5 Å². The molecule has 0 spiro atoms. The second-order valence-corrected chi connectivity index (χ2v) is 8.11. The van der Waals surface area contributed by atoms with Gasteiger partial charge in [-0.25, -0.2) is 19.7 Å². The van der Waals surface area contributed by atoms with Crippen LogP contribution in [0.25, 0.3) is 16.9 Å². The molecule has 10 nitrogen and oxygen atoms in total. The van der Waals surface area contributed by atoms with Crippen molar-refractivity contribution in [3.05, 3.63) is 60.7 Å². The zero-order valence-electron chi connectivity index (χ0n) is 18.7. The molecule has 0 radical (unpaired) electrons. The number of nitrogen functional groups attached to an aromatic ring is 1. The number of nitrogens with zero attached hydrogens (tertiary/aromatic N) is 4. The summed E-state index contributed by atoms with van der Waals surface area (Å²) in [5, 5.41) is 8.08. The van der Waals surface area contributed by atoms with Gasteiger partial charge >= 0.3 is 12.2 Å². The van der Waals surface area contributed by atoms with Gasteiger partial charge in [0.25, 0.3) is 0 Å². The van der Waals surface area contributed by atoms with Gasteiger partial charge in [-0.05, 0) is 55.4 Å². The fourth-order valence-electron chi connectivity index (χ4n) is 3.88. The topological polar surface area (TPSA) is 132 Å². The molecule has 3 heterocycles. The Hall–Kier alpha value is -4.39. The normalized spacial score (nSPS) is 15.7. The van der Waals surface area contributed by atoms with Crippen LogP contribution in [0.5, 0.6) is 5.75 Å². The Labute approximate surface area is 202 Å². The molecule has 5 rings (SSSR count). The number of aromatic nitrogens is 4. The number of amides is 2. The van der Waals surface area contributed by atoms with E-state index < -0.39 is 17.8 Å². The number of nitrogens with one attached hydrogen (secondary N) is 3. The Balaban J connectivity index is 1.28. The third-order valence-electron chi connectivity index (χ3n) is 5.62. The van der Waals surface area contributed by atoms with Crippen molar-refractivity contribution in [2.45, 2.75) is 18.7 Å². The summed E-state index contributed by atoms with van der Waals surface area (Å²) in [7, 11) is 0. The maximum absolute atomic E-state index is 13.6. The minimum atomic E-state index is -4.64. The third kappa shape index (κ3) is 4.86. The summed E-state index contributed by atoms with van der Waals surface area (Å²) in [6, 6.07) is 9.47. The number of benzene rings is 2. The number of fused-ring (bicyclic) bond motifs is 1. The first-order valence-corrected chi connectivity index (χ1v) is 11.0. The van der Waals surface area contributed by atoms with Gasteiger partial charge < -0.3 is 26.4 Å². The van der Waals surface area contributed by atoms with Gasteiger partial charge in [0.15, 0.2) is 17.0 Å². The largest absolute Gasteiger partial charge is 0.488 e. The van der Waals surface area contributed by atoms with E-state index in [0.29, 0.717) is 42.0 Å². The smallest absolute Gasteiger partial charge is 0.420 e. The first-order chi connectivity index (χ1) is 17.3. The van der Waals surface area contributed by atoms with Crippen molar-refractivity contribution in [3.8, 4) is 11.4 Å². The Morgan fingerprint density at radius 3 is 2.56 bits per heavy atom. The monoisotopic (exact) mass is 498 g/mol. The van der Waals surface area contributed by atoms with Crippen LogP contribution in [0.3, 0.4) is 0 Å². The van der Waals surface area contributed by atoms with Crippen molar-refractivity contribution in [1.82, 2.24) is 24.8 Å². The predicted molar refractivity (Wildman–Crippen MR) is 127 cm³/mol. The second-order valence-electron chi connectivity index (χ2n) is 8.11. The van der Waals surface area contributed by atoms with E-state index in [0.717, 1.165) is 6.07 Å². The molecular formula is C23H21F3N8O2. The van der Waals surface area contributed by atoms with E-state index in [1.807, 2.05) is 0 Å². The Morgan fingerprint density at radius 1 is 1.08 bits per heavy atom. The maximum atomic E-state index is 13.6. The Kier molecular flexibility index (Phi) is 6.06. The molecule has 0 saturated carbocycles. The van der Waals surface area contributed by atoms with Gasteiger partial charge in [0.1, 0.15) is 24.5 Å². The number of carbonyl (C=O) groups excluding carboxylic acids is 1. The molecule has 2 aromatic carbocycles. The highest BCUT2D eigenvalue weighted by Crippen LogP contribution is 2.38. The number of ether oxygens (including phenoxy) is 1. The van der Waals surface area contributed by atoms with E-state index in [1.165, 1.54) is 18.5 Å². The lowest BCUT2D eigenvalue weighted by Crippen LogP contribution is -2.22. The van der Waals surface area contributed by atoms with E-state index in [4.69, 9.17) is 10.5 Å². The lowest BCUT2D eigenvalue weighted by molar-refractivity contribution is -0.139. The second kappa shape index (κ2) is 9.34. The molecule has 0 aliphatic carbocycles. The predicted octanol–water partition coefficient (Wildman–Crippen LogP) is 3.80. The minimum Gasteiger partial charge on any atom is -0.488 e. The molecule has 4 aromatic rings. The number of hydrogen-bond donors (Lipinski definition) is 4. The molecule has 1 atom stereocenters. The summed E-state index contributed by atoms with van der Waals surface area (Å²) in [6.45, 7) is 1.17. The first kappa shape index (κ1) is 23.4. The maximum Gasteiger partial charge on any atom is 0.420 e. The molecule has 5 N–H and O–H groups in total. The SMILES string of the molecule is Nc1ncnc2c1ncn2-c1ccc(NC(=O)Nc2ccc(OC3CCNC3)c(C(F)(F)F)c2)cc1. The molecular weight excluding hydrogens is 477 g/mol. The number of urea groups is 1. The highest BCUT2D eigenvalue weighted by atomic mass is 19.4. The van der Waals surface area contributed by atoms with Gasteiger partial charge in [-0.3, -0.25) is 4.57 Å². The van der Waals surface area contributed by atoms with Crippen LogP contribution in [0, 0.1) is 0 Å². The van der Waals surface area contributed by atoms with Gasteiger partial charge in [-0.1, -0.05) is 0 Å².